The molecule has 1 fully saturated rings. The highest BCUT2D eigenvalue weighted by Crippen LogP contribution is 2.53. The quantitative estimate of drug-likeness (QED) is 0.0712. The fourth-order valence-corrected chi connectivity index (χ4v) is 7.23. The van der Waals surface area contributed by atoms with Crippen molar-refractivity contribution in [3.8, 4) is 28.6 Å². The van der Waals surface area contributed by atoms with E-state index >= 15 is 0 Å². The number of phosphoric acid groups is 1. The largest absolute Gasteiger partial charge is 0.530 e. The Morgan fingerprint density at radius 3 is 2.15 bits per heavy atom. The monoisotopic (exact) mass is 862 g/mol. The molecule has 7 rings (SSSR count). The number of rotatable bonds is 18. The maximum absolute atomic E-state index is 14.2. The second kappa shape index (κ2) is 19.5. The molecule has 2 N–H and O–H groups in total. The van der Waals surface area contributed by atoms with Gasteiger partial charge in [0.2, 0.25) is 11.7 Å². The van der Waals surface area contributed by atoms with E-state index in [0.717, 1.165) is 24.0 Å². The van der Waals surface area contributed by atoms with E-state index in [1.165, 1.54) is 61.1 Å². The number of hydrogen-bond donors (Lipinski definition) is 2. The van der Waals surface area contributed by atoms with Crippen molar-refractivity contribution in [2.45, 2.75) is 32.8 Å². The number of nitrogens with zero attached hydrogens (tertiary/aromatic N) is 6. The number of methoxy groups -OCH3 is 2. The SMILES string of the molecule is CNC(=O)c1cn(COC(=O)c2ccc(OC)c(OP(=O)(OCc3ccccc3)OCc3ccccc3)c2)c(NC(=O)C2CC2)cc1=Nc1cccc(-c2nnn(C)n2)c1OC. The van der Waals surface area contributed by atoms with Crippen LogP contribution in [0, 0.1) is 5.92 Å². The molecule has 0 aliphatic heterocycles. The van der Waals surface area contributed by atoms with Crippen LogP contribution < -0.4 is 30.0 Å². The Balaban J connectivity index is 1.18. The maximum atomic E-state index is 14.2. The van der Waals surface area contributed by atoms with Gasteiger partial charge in [-0.05, 0) is 59.5 Å². The highest BCUT2D eigenvalue weighted by molar-refractivity contribution is 7.48. The summed E-state index contributed by atoms with van der Waals surface area (Å²) in [5, 5.41) is 18.0. The molecule has 4 aromatic carbocycles. The van der Waals surface area contributed by atoms with Crippen LogP contribution in [0.2, 0.25) is 0 Å². The first-order chi connectivity index (χ1) is 30.1. The molecule has 6 aromatic rings. The molecule has 2 heterocycles. The lowest BCUT2D eigenvalue weighted by molar-refractivity contribution is -0.117. The highest BCUT2D eigenvalue weighted by Gasteiger charge is 2.32. The van der Waals surface area contributed by atoms with Gasteiger partial charge in [0.25, 0.3) is 5.91 Å². The van der Waals surface area contributed by atoms with E-state index in [-0.39, 0.29) is 58.8 Å². The molecule has 1 aliphatic rings. The lowest BCUT2D eigenvalue weighted by Crippen LogP contribution is -2.29. The minimum atomic E-state index is -4.36. The zero-order valence-corrected chi connectivity index (χ0v) is 35.1. The van der Waals surface area contributed by atoms with Gasteiger partial charge in [0.1, 0.15) is 11.5 Å². The molecule has 62 heavy (non-hydrogen) atoms. The Bertz CT molecular complexity index is 2640. The van der Waals surface area contributed by atoms with Crippen molar-refractivity contribution in [2.75, 3.05) is 26.6 Å². The van der Waals surface area contributed by atoms with Crippen LogP contribution >= 0.6 is 7.82 Å². The van der Waals surface area contributed by atoms with Gasteiger partial charge in [0, 0.05) is 25.2 Å². The van der Waals surface area contributed by atoms with Gasteiger partial charge in [0.15, 0.2) is 24.0 Å². The summed E-state index contributed by atoms with van der Waals surface area (Å²) in [6.07, 6.45) is 2.86. The van der Waals surface area contributed by atoms with E-state index in [4.69, 9.17) is 32.8 Å². The Labute approximate surface area is 356 Å². The Hall–Kier alpha value is -7.14. The van der Waals surface area contributed by atoms with Crippen LogP contribution in [0.15, 0.2) is 114 Å². The molecule has 19 heteroatoms. The summed E-state index contributed by atoms with van der Waals surface area (Å²) in [5.74, 6) is -0.943. The molecular formula is C43H43N8O10P. The van der Waals surface area contributed by atoms with Crippen molar-refractivity contribution >= 4 is 37.1 Å². The van der Waals surface area contributed by atoms with Crippen LogP contribution in [0.3, 0.4) is 0 Å². The van der Waals surface area contributed by atoms with Crippen LogP contribution in [0.25, 0.3) is 11.4 Å². The molecule has 18 nitrogen and oxygen atoms in total. The van der Waals surface area contributed by atoms with E-state index in [1.807, 2.05) is 36.4 Å². The third-order valence-electron chi connectivity index (χ3n) is 9.41. The van der Waals surface area contributed by atoms with Crippen molar-refractivity contribution in [3.05, 3.63) is 137 Å². The number of para-hydroxylation sites is 1. The van der Waals surface area contributed by atoms with Crippen LogP contribution in [-0.2, 0) is 50.1 Å². The van der Waals surface area contributed by atoms with Crippen molar-refractivity contribution in [1.82, 2.24) is 30.1 Å². The number of hydrogen-bond acceptors (Lipinski definition) is 14. The number of phosphoric ester groups is 1. The molecule has 1 aliphatic carbocycles. The molecule has 0 unspecified atom stereocenters. The third-order valence-corrected chi connectivity index (χ3v) is 10.7. The zero-order valence-electron chi connectivity index (χ0n) is 34.2. The van der Waals surface area contributed by atoms with Crippen LogP contribution in [-0.4, -0.2) is 63.8 Å². The number of tetrazole rings is 1. The van der Waals surface area contributed by atoms with Gasteiger partial charge in [-0.25, -0.2) is 14.4 Å². The minimum absolute atomic E-state index is 0.00893. The fourth-order valence-electron chi connectivity index (χ4n) is 6.05. The highest BCUT2D eigenvalue weighted by atomic mass is 31.2. The number of carbonyl (C=O) groups excluding carboxylic acids is 3. The summed E-state index contributed by atoms with van der Waals surface area (Å²) in [6, 6.07) is 29.0. The van der Waals surface area contributed by atoms with E-state index in [9.17, 15) is 18.9 Å². The normalized spacial score (nSPS) is 12.7. The van der Waals surface area contributed by atoms with E-state index in [2.05, 4.69) is 26.0 Å². The number of aryl methyl sites for hydroxylation is 1. The first kappa shape index (κ1) is 43.0. The first-order valence-corrected chi connectivity index (χ1v) is 20.8. The van der Waals surface area contributed by atoms with Gasteiger partial charge >= 0.3 is 13.8 Å². The summed E-state index contributed by atoms with van der Waals surface area (Å²) in [4.78, 5) is 46.4. The average Bonchev–Trinajstić information content (AvgIpc) is 4.07. The molecule has 320 valence electrons. The minimum Gasteiger partial charge on any atom is -0.494 e. The summed E-state index contributed by atoms with van der Waals surface area (Å²) >= 11 is 0. The Morgan fingerprint density at radius 2 is 1.55 bits per heavy atom. The van der Waals surface area contributed by atoms with Crippen molar-refractivity contribution in [1.29, 1.82) is 0 Å². The van der Waals surface area contributed by atoms with Crippen LogP contribution in [0.5, 0.6) is 17.2 Å². The number of esters is 1. The molecule has 0 radical (unpaired) electrons. The molecule has 2 aromatic heterocycles. The number of carbonyl (C=O) groups is 3. The van der Waals surface area contributed by atoms with Crippen molar-refractivity contribution in [2.24, 2.45) is 18.0 Å². The molecule has 0 atom stereocenters. The van der Waals surface area contributed by atoms with Gasteiger partial charge < -0.3 is 29.4 Å². The van der Waals surface area contributed by atoms with Gasteiger partial charge in [-0.2, -0.15) is 4.80 Å². The second-order valence-corrected chi connectivity index (χ2v) is 15.4. The van der Waals surface area contributed by atoms with Crippen molar-refractivity contribution < 1.29 is 46.7 Å². The number of benzene rings is 4. The first-order valence-electron chi connectivity index (χ1n) is 19.3. The van der Waals surface area contributed by atoms with Crippen LogP contribution in [0.1, 0.15) is 44.7 Å². The van der Waals surface area contributed by atoms with Crippen LogP contribution in [0.4, 0.5) is 11.5 Å². The Morgan fingerprint density at radius 1 is 0.855 bits per heavy atom. The number of pyridine rings is 1. The molecule has 2 amide bonds. The number of ether oxygens (including phenoxy) is 3. The predicted molar refractivity (Wildman–Crippen MR) is 224 cm³/mol. The second-order valence-electron chi connectivity index (χ2n) is 13.8. The maximum Gasteiger partial charge on any atom is 0.530 e. The Kier molecular flexibility index (Phi) is 13.5. The number of amides is 2. The molecule has 0 saturated heterocycles. The average molecular weight is 863 g/mol. The molecule has 1 saturated carbocycles. The lowest BCUT2D eigenvalue weighted by Gasteiger charge is -2.20. The predicted octanol–water partition coefficient (Wildman–Crippen LogP) is 6.37. The lowest BCUT2D eigenvalue weighted by atomic mass is 10.1. The topological polar surface area (TPSA) is 209 Å². The zero-order chi connectivity index (χ0) is 43.6. The van der Waals surface area contributed by atoms with E-state index < -0.39 is 26.4 Å². The smallest absolute Gasteiger partial charge is 0.494 e. The summed E-state index contributed by atoms with van der Waals surface area (Å²) in [7, 11) is 1.59. The van der Waals surface area contributed by atoms with Gasteiger partial charge in [-0.3, -0.25) is 23.2 Å². The van der Waals surface area contributed by atoms with Gasteiger partial charge in [-0.1, -0.05) is 66.7 Å². The number of nitrogens with one attached hydrogen (secondary N) is 2. The standard InChI is InChI=1S/C43H43N8O10P/c1-44-42(53)33-24-51(38(46-41(52)30-18-19-30)23-35(33)45-34-17-11-16-32(39(34)57-4)40-47-49-50(2)48-40)27-58-43(54)31-20-21-36(56-3)37(22-31)61-62(55,59-25-28-12-7-5-8-13-28)60-26-29-14-9-6-10-15-29/h5-17,20-24,30H,18-19,25-27H2,1-4H3,(H,44,53)(H,46,52). The molecule has 0 bridgehead atoms. The summed E-state index contributed by atoms with van der Waals surface area (Å²) in [6.45, 7) is -0.655. The molecule has 0 spiro atoms. The third kappa shape index (κ3) is 10.6. The van der Waals surface area contributed by atoms with Gasteiger partial charge in [0.05, 0.1) is 56.5 Å². The van der Waals surface area contributed by atoms with Gasteiger partial charge in [-0.15, -0.1) is 10.2 Å². The summed E-state index contributed by atoms with van der Waals surface area (Å²) in [5.41, 5.74) is 2.37. The van der Waals surface area contributed by atoms with E-state index in [1.54, 1.807) is 49.5 Å². The van der Waals surface area contributed by atoms with Crippen molar-refractivity contribution in [3.63, 3.8) is 0 Å². The van der Waals surface area contributed by atoms with E-state index in [0.29, 0.717) is 22.8 Å². The number of aromatic nitrogens is 5. The molecular weight excluding hydrogens is 819 g/mol. The fraction of sp³-hybridized carbons (Fsp3) is 0.233. The summed E-state index contributed by atoms with van der Waals surface area (Å²) < 4.78 is 50.1. The number of anilines is 1.